The topological polar surface area (TPSA) is 29.5 Å². The van der Waals surface area contributed by atoms with Gasteiger partial charge in [-0.1, -0.05) is 146 Å². The molecular formula is C48H31NO2. The summed E-state index contributed by atoms with van der Waals surface area (Å²) in [4.78, 5) is 2.28. The van der Waals surface area contributed by atoms with E-state index in [9.17, 15) is 0 Å². The second kappa shape index (κ2) is 11.9. The molecule has 240 valence electrons. The first-order chi connectivity index (χ1) is 25.3. The first-order valence-corrected chi connectivity index (χ1v) is 17.3. The van der Waals surface area contributed by atoms with E-state index in [2.05, 4.69) is 169 Å². The van der Waals surface area contributed by atoms with Crippen molar-refractivity contribution in [2.45, 2.75) is 0 Å². The van der Waals surface area contributed by atoms with Gasteiger partial charge in [-0.15, -0.1) is 0 Å². The lowest BCUT2D eigenvalue weighted by molar-refractivity contribution is 0.668. The predicted octanol–water partition coefficient (Wildman–Crippen LogP) is 14.0. The lowest BCUT2D eigenvalue weighted by Gasteiger charge is -2.25. The van der Waals surface area contributed by atoms with Crippen molar-refractivity contribution in [3.63, 3.8) is 0 Å². The van der Waals surface area contributed by atoms with Gasteiger partial charge in [0.25, 0.3) is 0 Å². The molecule has 8 aromatic carbocycles. The summed E-state index contributed by atoms with van der Waals surface area (Å²) in [7, 11) is 0. The molecule has 2 heterocycles. The van der Waals surface area contributed by atoms with Crippen LogP contribution in [0.25, 0.3) is 77.3 Å². The number of furan rings is 2. The molecule has 51 heavy (non-hydrogen) atoms. The molecular weight excluding hydrogens is 623 g/mol. The molecule has 0 aliphatic carbocycles. The summed E-state index contributed by atoms with van der Waals surface area (Å²) in [5, 5.41) is 4.37. The standard InChI is InChI=1S/C48H31NO2/c1-3-11-32(12-4-1)33-21-23-34(24-22-33)35-25-27-37(28-26-35)49(38-29-30-41-40-15-7-8-20-45(40)50-46(41)31-38)44-19-10-18-43-42-17-9-16-39(47(42)51-48(43)44)36-13-5-2-6-14-36/h1-31H. The summed E-state index contributed by atoms with van der Waals surface area (Å²) in [5.41, 5.74) is 13.4. The molecule has 0 N–H and O–H groups in total. The second-order valence-electron chi connectivity index (χ2n) is 12.9. The van der Waals surface area contributed by atoms with Crippen LogP contribution in [0.15, 0.2) is 197 Å². The van der Waals surface area contributed by atoms with Gasteiger partial charge in [-0.3, -0.25) is 0 Å². The minimum atomic E-state index is 0.834. The van der Waals surface area contributed by atoms with E-state index < -0.39 is 0 Å². The van der Waals surface area contributed by atoms with Crippen molar-refractivity contribution >= 4 is 60.9 Å². The largest absolute Gasteiger partial charge is 0.456 e. The average Bonchev–Trinajstić information content (AvgIpc) is 3.78. The zero-order valence-corrected chi connectivity index (χ0v) is 27.7. The Morgan fingerprint density at radius 2 is 0.843 bits per heavy atom. The van der Waals surface area contributed by atoms with E-state index >= 15 is 0 Å². The van der Waals surface area contributed by atoms with Crippen molar-refractivity contribution in [1.82, 2.24) is 0 Å². The predicted molar refractivity (Wildman–Crippen MR) is 212 cm³/mol. The van der Waals surface area contributed by atoms with Gasteiger partial charge in [-0.25, -0.2) is 0 Å². The van der Waals surface area contributed by atoms with Crippen molar-refractivity contribution in [3.05, 3.63) is 188 Å². The lowest BCUT2D eigenvalue weighted by Crippen LogP contribution is -2.10. The Morgan fingerprint density at radius 3 is 1.57 bits per heavy atom. The van der Waals surface area contributed by atoms with Gasteiger partial charge in [-0.05, 0) is 64.2 Å². The highest BCUT2D eigenvalue weighted by Crippen LogP contribution is 2.45. The minimum absolute atomic E-state index is 0.834. The molecule has 0 unspecified atom stereocenters. The van der Waals surface area contributed by atoms with Crippen LogP contribution in [0, 0.1) is 0 Å². The van der Waals surface area contributed by atoms with Gasteiger partial charge < -0.3 is 13.7 Å². The number of anilines is 3. The zero-order valence-electron chi connectivity index (χ0n) is 27.7. The van der Waals surface area contributed by atoms with Gasteiger partial charge in [0.15, 0.2) is 5.58 Å². The third-order valence-corrected chi connectivity index (χ3v) is 9.90. The van der Waals surface area contributed by atoms with E-state index in [1.807, 2.05) is 24.3 Å². The fraction of sp³-hybridized carbons (Fsp3) is 0. The van der Waals surface area contributed by atoms with Crippen molar-refractivity contribution < 1.29 is 8.83 Å². The Morgan fingerprint density at radius 1 is 0.314 bits per heavy atom. The van der Waals surface area contributed by atoms with Crippen LogP contribution in [-0.4, -0.2) is 0 Å². The minimum Gasteiger partial charge on any atom is -0.456 e. The van der Waals surface area contributed by atoms with Gasteiger partial charge in [0, 0.05) is 38.9 Å². The summed E-state index contributed by atoms with van der Waals surface area (Å²) in [5.74, 6) is 0. The molecule has 0 bridgehead atoms. The number of fused-ring (bicyclic) bond motifs is 6. The van der Waals surface area contributed by atoms with Crippen molar-refractivity contribution in [1.29, 1.82) is 0 Å². The summed E-state index contributed by atoms with van der Waals surface area (Å²) in [6.45, 7) is 0. The lowest BCUT2D eigenvalue weighted by atomic mass is 10.00. The van der Waals surface area contributed by atoms with Crippen molar-refractivity contribution in [2.75, 3.05) is 4.90 Å². The highest BCUT2D eigenvalue weighted by atomic mass is 16.3. The molecule has 0 radical (unpaired) electrons. The number of para-hydroxylation sites is 3. The molecule has 0 aliphatic heterocycles. The maximum Gasteiger partial charge on any atom is 0.159 e. The molecule has 0 saturated heterocycles. The van der Waals surface area contributed by atoms with E-state index in [0.29, 0.717) is 0 Å². The Hall–Kier alpha value is -6.84. The van der Waals surface area contributed by atoms with E-state index in [1.54, 1.807) is 0 Å². The van der Waals surface area contributed by atoms with Crippen LogP contribution in [-0.2, 0) is 0 Å². The number of nitrogens with zero attached hydrogens (tertiary/aromatic N) is 1. The summed E-state index contributed by atoms with van der Waals surface area (Å²) in [6, 6.07) is 66.0. The number of hydrogen-bond acceptors (Lipinski definition) is 3. The Labute approximate surface area is 295 Å². The molecule has 2 aromatic heterocycles. The summed E-state index contributed by atoms with van der Waals surface area (Å²) >= 11 is 0. The number of rotatable bonds is 6. The first kappa shape index (κ1) is 29.1. The summed E-state index contributed by atoms with van der Waals surface area (Å²) in [6.07, 6.45) is 0. The van der Waals surface area contributed by atoms with Gasteiger partial charge >= 0.3 is 0 Å². The van der Waals surface area contributed by atoms with E-state index in [0.717, 1.165) is 77.6 Å². The quantitative estimate of drug-likeness (QED) is 0.179. The van der Waals surface area contributed by atoms with Crippen LogP contribution in [0.1, 0.15) is 0 Å². The van der Waals surface area contributed by atoms with Crippen LogP contribution in [0.3, 0.4) is 0 Å². The van der Waals surface area contributed by atoms with Gasteiger partial charge in [0.05, 0.1) is 11.4 Å². The number of hydrogen-bond donors (Lipinski definition) is 0. The molecule has 0 fully saturated rings. The molecule has 0 atom stereocenters. The smallest absolute Gasteiger partial charge is 0.159 e. The molecule has 10 aromatic rings. The second-order valence-corrected chi connectivity index (χ2v) is 12.9. The Bertz CT molecular complexity index is 2830. The van der Waals surface area contributed by atoms with Crippen LogP contribution in [0.4, 0.5) is 17.1 Å². The third kappa shape index (κ3) is 4.98. The SMILES string of the molecule is c1ccc(-c2ccc(-c3ccc(N(c4ccc5c(c4)oc4ccccc45)c4cccc5c4oc4c(-c6ccccc6)cccc45)cc3)cc2)cc1. The van der Waals surface area contributed by atoms with Crippen LogP contribution in [0.5, 0.6) is 0 Å². The average molecular weight is 654 g/mol. The van der Waals surface area contributed by atoms with Crippen LogP contribution < -0.4 is 4.90 Å². The molecule has 10 rings (SSSR count). The van der Waals surface area contributed by atoms with Gasteiger partial charge in [0.1, 0.15) is 16.7 Å². The molecule has 0 amide bonds. The normalized spacial score (nSPS) is 11.5. The molecule has 3 heteroatoms. The highest BCUT2D eigenvalue weighted by molar-refractivity contribution is 6.14. The van der Waals surface area contributed by atoms with Gasteiger partial charge in [-0.2, -0.15) is 0 Å². The third-order valence-electron chi connectivity index (χ3n) is 9.90. The fourth-order valence-electron chi connectivity index (χ4n) is 7.40. The zero-order chi connectivity index (χ0) is 33.7. The van der Waals surface area contributed by atoms with E-state index in [-0.39, 0.29) is 0 Å². The van der Waals surface area contributed by atoms with Crippen molar-refractivity contribution in [2.24, 2.45) is 0 Å². The Balaban J connectivity index is 1.13. The fourth-order valence-corrected chi connectivity index (χ4v) is 7.40. The first-order valence-electron chi connectivity index (χ1n) is 17.3. The molecule has 0 saturated carbocycles. The van der Waals surface area contributed by atoms with E-state index in [4.69, 9.17) is 8.83 Å². The Kier molecular flexibility index (Phi) is 6.81. The molecule has 0 aliphatic rings. The molecule has 0 spiro atoms. The molecule has 3 nitrogen and oxygen atoms in total. The summed E-state index contributed by atoms with van der Waals surface area (Å²) < 4.78 is 13.3. The van der Waals surface area contributed by atoms with Crippen LogP contribution in [0.2, 0.25) is 0 Å². The van der Waals surface area contributed by atoms with E-state index in [1.165, 1.54) is 16.7 Å². The van der Waals surface area contributed by atoms with Gasteiger partial charge in [0.2, 0.25) is 0 Å². The monoisotopic (exact) mass is 653 g/mol. The maximum atomic E-state index is 6.90. The maximum absolute atomic E-state index is 6.90. The number of benzene rings is 8. The van der Waals surface area contributed by atoms with Crippen molar-refractivity contribution in [3.8, 4) is 33.4 Å². The highest BCUT2D eigenvalue weighted by Gasteiger charge is 2.22. The van der Waals surface area contributed by atoms with Crippen LogP contribution >= 0.6 is 0 Å².